The molecule has 2 heterocycles. The zero-order valence-electron chi connectivity index (χ0n) is 10.7. The van der Waals surface area contributed by atoms with Crippen molar-refractivity contribution < 1.29 is 0 Å². The Kier molecular flexibility index (Phi) is 4.87. The van der Waals surface area contributed by atoms with Gasteiger partial charge in [-0.2, -0.15) is 0 Å². The monoisotopic (exact) mass is 238 g/mol. The molecule has 2 nitrogen and oxygen atoms in total. The van der Waals surface area contributed by atoms with Crippen molar-refractivity contribution in [1.29, 1.82) is 0 Å². The number of hydrogen-bond donors (Lipinski definition) is 1. The van der Waals surface area contributed by atoms with E-state index in [0.29, 0.717) is 0 Å². The van der Waals surface area contributed by atoms with Crippen LogP contribution < -0.4 is 0 Å². The van der Waals surface area contributed by atoms with Crippen LogP contribution in [0.5, 0.6) is 0 Å². The van der Waals surface area contributed by atoms with Crippen LogP contribution in [0.25, 0.3) is 11.0 Å². The topological polar surface area (TPSA) is 28.7 Å². The summed E-state index contributed by atoms with van der Waals surface area (Å²) in [5.74, 6) is 1.42. The van der Waals surface area contributed by atoms with Crippen LogP contribution in [-0.4, -0.2) is 34.5 Å². The quantitative estimate of drug-likeness (QED) is 0.850. The lowest BCUT2D eigenvalue weighted by atomic mass is 10.3. The van der Waals surface area contributed by atoms with Gasteiger partial charge in [0.1, 0.15) is 5.65 Å². The highest BCUT2D eigenvalue weighted by atomic mass is 32.3. The Labute approximate surface area is 99.8 Å². The van der Waals surface area contributed by atoms with Crippen molar-refractivity contribution in [2.75, 3.05) is 24.5 Å². The number of aromatic amines is 1. The van der Waals surface area contributed by atoms with Crippen molar-refractivity contribution in [2.24, 2.45) is 0 Å². The molecule has 0 aliphatic heterocycles. The Morgan fingerprint density at radius 2 is 2.00 bits per heavy atom. The van der Waals surface area contributed by atoms with E-state index in [1.165, 1.54) is 12.2 Å². The second-order valence-electron chi connectivity index (χ2n) is 4.71. The molecule has 0 atom stereocenters. The van der Waals surface area contributed by atoms with Gasteiger partial charge in [0, 0.05) is 17.8 Å². The molecule has 0 amide bonds. The Hall–Kier alpha value is -0.960. The molecule has 1 N–H and O–H groups in total. The van der Waals surface area contributed by atoms with Gasteiger partial charge in [-0.05, 0) is 49.1 Å². The summed E-state index contributed by atoms with van der Waals surface area (Å²) in [4.78, 5) is 7.09. The predicted octanol–water partition coefficient (Wildman–Crippen LogP) is 3.65. The minimum atomic E-state index is -0.174. The second kappa shape index (κ2) is 5.94. The number of hydrogen-bond acceptors (Lipinski definition) is 1. The van der Waals surface area contributed by atoms with Crippen molar-refractivity contribution in [3.05, 3.63) is 30.6 Å². The minimum Gasteiger partial charge on any atom is -0.346 e. The third-order valence-electron chi connectivity index (χ3n) is 2.14. The van der Waals surface area contributed by atoms with E-state index in [4.69, 9.17) is 0 Å². The van der Waals surface area contributed by atoms with Gasteiger partial charge < -0.3 is 4.98 Å². The molecule has 90 valence electrons. The number of fused-ring (bicyclic) bond motifs is 1. The first kappa shape index (κ1) is 13.1. The summed E-state index contributed by atoms with van der Waals surface area (Å²) in [5.41, 5.74) is 0.956. The maximum Gasteiger partial charge on any atom is 0.137 e. The van der Waals surface area contributed by atoms with Crippen LogP contribution in [0.2, 0.25) is 0 Å². The number of nitrogens with one attached hydrogen (secondary N) is 1. The highest BCUT2D eigenvalue weighted by Crippen LogP contribution is 2.34. The summed E-state index contributed by atoms with van der Waals surface area (Å²) in [5, 5.41) is 1.16. The number of aromatic nitrogens is 2. The molecule has 2 rings (SSSR count). The zero-order valence-corrected chi connectivity index (χ0v) is 11.5. The number of nitrogens with zero attached hydrogens (tertiary/aromatic N) is 1. The van der Waals surface area contributed by atoms with Crippen molar-refractivity contribution in [2.45, 2.75) is 13.3 Å². The lowest BCUT2D eigenvalue weighted by Crippen LogP contribution is -1.95. The molecule has 0 saturated carbocycles. The summed E-state index contributed by atoms with van der Waals surface area (Å²) < 4.78 is 0. The molecular formula is C13H22N2S. The number of H-pyrrole nitrogens is 1. The fourth-order valence-corrected chi connectivity index (χ4v) is 2.72. The molecule has 0 fully saturated rings. The molecule has 0 spiro atoms. The minimum absolute atomic E-state index is 0.174. The lowest BCUT2D eigenvalue weighted by molar-refractivity contribution is 1.10. The van der Waals surface area contributed by atoms with E-state index in [-0.39, 0.29) is 10.0 Å². The standard InChI is InChI=1S/C7H6N2.C6H16S/c1-2-6-3-5-9-7(6)8-4-1;1-5-6-7(2,3)4/h1-5H,(H,8,9);5-6H2,1-4H3. The predicted molar refractivity (Wildman–Crippen MR) is 76.6 cm³/mol. The Morgan fingerprint density at radius 3 is 2.50 bits per heavy atom. The molecule has 0 bridgehead atoms. The summed E-state index contributed by atoms with van der Waals surface area (Å²) in [7, 11) is -0.174. The summed E-state index contributed by atoms with van der Waals surface area (Å²) in [6, 6.07) is 5.96. The van der Waals surface area contributed by atoms with Gasteiger partial charge in [-0.15, -0.1) is 0 Å². The first-order valence-electron chi connectivity index (χ1n) is 5.57. The van der Waals surface area contributed by atoms with E-state index in [1.54, 1.807) is 6.20 Å². The highest BCUT2D eigenvalue weighted by Gasteiger charge is 1.98. The SMILES string of the molecule is CCCS(C)(C)C.c1cnc2[nH]ccc2c1. The van der Waals surface area contributed by atoms with Crippen LogP contribution >= 0.6 is 10.0 Å². The zero-order chi connectivity index (χ0) is 12.0. The third kappa shape index (κ3) is 4.71. The van der Waals surface area contributed by atoms with Crippen LogP contribution in [-0.2, 0) is 0 Å². The largest absolute Gasteiger partial charge is 0.346 e. The van der Waals surface area contributed by atoms with Crippen LogP contribution in [0, 0.1) is 0 Å². The van der Waals surface area contributed by atoms with Gasteiger partial charge in [-0.1, -0.05) is 6.92 Å². The van der Waals surface area contributed by atoms with Gasteiger partial charge in [0.25, 0.3) is 0 Å². The lowest BCUT2D eigenvalue weighted by Gasteiger charge is -2.23. The van der Waals surface area contributed by atoms with E-state index in [2.05, 4.69) is 35.7 Å². The Bertz CT molecular complexity index is 385. The van der Waals surface area contributed by atoms with Crippen molar-refractivity contribution >= 4 is 21.1 Å². The molecular weight excluding hydrogens is 216 g/mol. The van der Waals surface area contributed by atoms with E-state index >= 15 is 0 Å². The fraction of sp³-hybridized carbons (Fsp3) is 0.462. The normalized spacial score (nSPS) is 12.0. The molecule has 16 heavy (non-hydrogen) atoms. The average Bonchev–Trinajstić information content (AvgIpc) is 2.64. The molecule has 0 aliphatic rings. The molecule has 0 radical (unpaired) electrons. The van der Waals surface area contributed by atoms with Gasteiger partial charge in [-0.25, -0.2) is 15.0 Å². The first-order chi connectivity index (χ1) is 7.53. The Morgan fingerprint density at radius 1 is 1.25 bits per heavy atom. The van der Waals surface area contributed by atoms with Gasteiger partial charge in [0.05, 0.1) is 0 Å². The van der Waals surface area contributed by atoms with Crippen LogP contribution in [0.1, 0.15) is 13.3 Å². The third-order valence-corrected chi connectivity index (χ3v) is 3.77. The van der Waals surface area contributed by atoms with E-state index in [1.807, 2.05) is 24.4 Å². The molecule has 2 aromatic heterocycles. The molecule has 2 aromatic rings. The summed E-state index contributed by atoms with van der Waals surface area (Å²) >= 11 is 0. The molecule has 0 aliphatic carbocycles. The molecule has 0 saturated heterocycles. The average molecular weight is 238 g/mol. The Balaban J connectivity index is 0.000000168. The highest BCUT2D eigenvalue weighted by molar-refractivity contribution is 8.32. The van der Waals surface area contributed by atoms with Crippen molar-refractivity contribution in [1.82, 2.24) is 9.97 Å². The van der Waals surface area contributed by atoms with Gasteiger partial charge in [-0.3, -0.25) is 0 Å². The first-order valence-corrected chi connectivity index (χ1v) is 8.60. The van der Waals surface area contributed by atoms with E-state index < -0.39 is 0 Å². The molecule has 0 aromatic carbocycles. The summed E-state index contributed by atoms with van der Waals surface area (Å²) in [6.07, 6.45) is 12.1. The number of rotatable bonds is 2. The van der Waals surface area contributed by atoms with Crippen LogP contribution in [0.3, 0.4) is 0 Å². The molecule has 3 heteroatoms. The summed E-state index contributed by atoms with van der Waals surface area (Å²) in [6.45, 7) is 2.25. The smallest absolute Gasteiger partial charge is 0.137 e. The van der Waals surface area contributed by atoms with Crippen LogP contribution in [0.4, 0.5) is 0 Å². The second-order valence-corrected chi connectivity index (χ2v) is 9.30. The maximum atomic E-state index is 4.09. The van der Waals surface area contributed by atoms with Crippen LogP contribution in [0.15, 0.2) is 30.6 Å². The molecule has 0 unspecified atom stereocenters. The van der Waals surface area contributed by atoms with Gasteiger partial charge >= 0.3 is 0 Å². The van der Waals surface area contributed by atoms with E-state index in [9.17, 15) is 0 Å². The van der Waals surface area contributed by atoms with E-state index in [0.717, 1.165) is 11.0 Å². The van der Waals surface area contributed by atoms with Gasteiger partial charge in [0.2, 0.25) is 0 Å². The van der Waals surface area contributed by atoms with Crippen molar-refractivity contribution in [3.8, 4) is 0 Å². The fourth-order valence-electron chi connectivity index (χ4n) is 1.50. The van der Waals surface area contributed by atoms with Crippen molar-refractivity contribution in [3.63, 3.8) is 0 Å². The van der Waals surface area contributed by atoms with Gasteiger partial charge in [0.15, 0.2) is 0 Å². The number of pyridine rings is 1. The maximum absolute atomic E-state index is 4.09.